The van der Waals surface area contributed by atoms with Gasteiger partial charge in [0, 0.05) is 16.5 Å². The summed E-state index contributed by atoms with van der Waals surface area (Å²) in [5.41, 5.74) is 0.866. The zero-order chi connectivity index (χ0) is 13.5. The van der Waals surface area contributed by atoms with Gasteiger partial charge >= 0.3 is 0 Å². The minimum Gasteiger partial charge on any atom is -0.392 e. The Bertz CT molecular complexity index is 339. The lowest BCUT2D eigenvalue weighted by Gasteiger charge is -2.23. The third kappa shape index (κ3) is 4.46. The van der Waals surface area contributed by atoms with Crippen LogP contribution in [0.1, 0.15) is 45.1 Å². The highest BCUT2D eigenvalue weighted by molar-refractivity contribution is 6.35. The molecule has 1 aromatic rings. The van der Waals surface area contributed by atoms with Crippen LogP contribution in [0.15, 0.2) is 18.2 Å². The van der Waals surface area contributed by atoms with Gasteiger partial charge in [0.25, 0.3) is 0 Å². The molecule has 1 N–H and O–H groups in total. The van der Waals surface area contributed by atoms with Crippen LogP contribution in [0.3, 0.4) is 0 Å². The molecule has 18 heavy (non-hydrogen) atoms. The fraction of sp³-hybridized carbons (Fsp3) is 0.600. The van der Waals surface area contributed by atoms with Gasteiger partial charge in [0.1, 0.15) is 0 Å². The Labute approximate surface area is 120 Å². The second-order valence-electron chi connectivity index (χ2n) is 4.81. The Kier molecular flexibility index (Phi) is 7.06. The van der Waals surface area contributed by atoms with Gasteiger partial charge in [-0.1, -0.05) is 56.0 Å². The lowest BCUT2D eigenvalue weighted by molar-refractivity contribution is 0.0964. The molecule has 0 amide bonds. The molecule has 0 aliphatic carbocycles. The summed E-state index contributed by atoms with van der Waals surface area (Å²) in [6, 6.07) is 5.48. The van der Waals surface area contributed by atoms with Gasteiger partial charge in [0.15, 0.2) is 0 Å². The number of halogens is 2. The molecular formula is C15H22Cl2O. The molecule has 1 rings (SSSR count). The van der Waals surface area contributed by atoms with Crippen LogP contribution in [-0.4, -0.2) is 11.2 Å². The minimum atomic E-state index is -0.359. The first kappa shape index (κ1) is 15.8. The number of aliphatic hydroxyl groups excluding tert-OH is 1. The van der Waals surface area contributed by atoms with Crippen LogP contribution in [0.2, 0.25) is 10.0 Å². The molecule has 3 heteroatoms. The van der Waals surface area contributed by atoms with Crippen molar-refractivity contribution in [2.24, 2.45) is 5.92 Å². The van der Waals surface area contributed by atoms with Gasteiger partial charge in [-0.15, -0.1) is 0 Å². The number of hydrogen-bond donors (Lipinski definition) is 1. The van der Waals surface area contributed by atoms with Crippen LogP contribution in [0, 0.1) is 5.92 Å². The molecule has 0 fully saturated rings. The summed E-state index contributed by atoms with van der Waals surface area (Å²) >= 11 is 12.3. The zero-order valence-electron chi connectivity index (χ0n) is 11.1. The largest absolute Gasteiger partial charge is 0.392 e. The summed E-state index contributed by atoms with van der Waals surface area (Å²) in [5, 5.41) is 11.6. The van der Waals surface area contributed by atoms with Crippen molar-refractivity contribution in [3.63, 3.8) is 0 Å². The molecule has 0 aliphatic rings. The average molecular weight is 289 g/mol. The lowest BCUT2D eigenvalue weighted by atomic mass is 9.89. The van der Waals surface area contributed by atoms with Crippen molar-refractivity contribution in [1.82, 2.24) is 0 Å². The average Bonchev–Trinajstić information content (AvgIpc) is 2.33. The summed E-state index contributed by atoms with van der Waals surface area (Å²) in [6.45, 7) is 4.30. The SMILES string of the molecule is CCCC(CCC)C(O)Cc1c(Cl)cccc1Cl. The van der Waals surface area contributed by atoms with Crippen molar-refractivity contribution in [3.8, 4) is 0 Å². The van der Waals surface area contributed by atoms with E-state index in [0.29, 0.717) is 22.4 Å². The van der Waals surface area contributed by atoms with Gasteiger partial charge in [0.05, 0.1) is 6.10 Å². The van der Waals surface area contributed by atoms with Crippen LogP contribution in [0.4, 0.5) is 0 Å². The number of benzene rings is 1. The second kappa shape index (κ2) is 8.04. The van der Waals surface area contributed by atoms with Gasteiger partial charge < -0.3 is 5.11 Å². The predicted octanol–water partition coefficient (Wildman–Crippen LogP) is 5.11. The molecule has 0 saturated heterocycles. The molecule has 0 aliphatic heterocycles. The van der Waals surface area contributed by atoms with Crippen molar-refractivity contribution in [2.45, 2.75) is 52.1 Å². The smallest absolute Gasteiger partial charge is 0.0609 e. The standard InChI is InChI=1S/C15H22Cl2O/c1-3-6-11(7-4-2)15(18)10-12-13(16)8-5-9-14(12)17/h5,8-9,11,15,18H,3-4,6-7,10H2,1-2H3. The molecule has 0 heterocycles. The van der Waals surface area contributed by atoms with Gasteiger partial charge in [0.2, 0.25) is 0 Å². The maximum atomic E-state index is 10.4. The highest BCUT2D eigenvalue weighted by Crippen LogP contribution is 2.28. The first-order valence-corrected chi connectivity index (χ1v) is 7.46. The molecular weight excluding hydrogens is 267 g/mol. The first-order valence-electron chi connectivity index (χ1n) is 6.71. The molecule has 1 atom stereocenters. The third-order valence-corrected chi connectivity index (χ3v) is 4.05. The van der Waals surface area contributed by atoms with Crippen LogP contribution in [0.25, 0.3) is 0 Å². The summed E-state index contributed by atoms with van der Waals surface area (Å²) in [5.74, 6) is 0.340. The van der Waals surface area contributed by atoms with Gasteiger partial charge in [-0.2, -0.15) is 0 Å². The lowest BCUT2D eigenvalue weighted by Crippen LogP contribution is -2.23. The molecule has 1 aromatic carbocycles. The summed E-state index contributed by atoms with van der Waals surface area (Å²) in [7, 11) is 0. The Morgan fingerprint density at radius 3 is 2.00 bits per heavy atom. The molecule has 0 aromatic heterocycles. The van der Waals surface area contributed by atoms with Gasteiger partial charge in [-0.25, -0.2) is 0 Å². The highest BCUT2D eigenvalue weighted by Gasteiger charge is 2.20. The van der Waals surface area contributed by atoms with Crippen LogP contribution >= 0.6 is 23.2 Å². The predicted molar refractivity (Wildman–Crippen MR) is 79.5 cm³/mol. The Morgan fingerprint density at radius 2 is 1.56 bits per heavy atom. The summed E-state index contributed by atoms with van der Waals surface area (Å²) in [6.07, 6.45) is 4.48. The number of rotatable bonds is 7. The maximum absolute atomic E-state index is 10.4. The van der Waals surface area contributed by atoms with Crippen molar-refractivity contribution in [1.29, 1.82) is 0 Å². The Morgan fingerprint density at radius 1 is 1.06 bits per heavy atom. The van der Waals surface area contributed by atoms with E-state index in [0.717, 1.165) is 31.2 Å². The van der Waals surface area contributed by atoms with E-state index < -0.39 is 0 Å². The quantitative estimate of drug-likeness (QED) is 0.739. The molecule has 102 valence electrons. The van der Waals surface area contributed by atoms with E-state index in [-0.39, 0.29) is 6.10 Å². The highest BCUT2D eigenvalue weighted by atomic mass is 35.5. The number of hydrogen-bond acceptors (Lipinski definition) is 1. The molecule has 0 radical (unpaired) electrons. The topological polar surface area (TPSA) is 20.2 Å². The van der Waals surface area contributed by atoms with Crippen molar-refractivity contribution >= 4 is 23.2 Å². The van der Waals surface area contributed by atoms with Crippen LogP contribution in [0.5, 0.6) is 0 Å². The van der Waals surface area contributed by atoms with Crippen molar-refractivity contribution in [3.05, 3.63) is 33.8 Å². The van der Waals surface area contributed by atoms with E-state index in [1.807, 2.05) is 18.2 Å². The fourth-order valence-electron chi connectivity index (χ4n) is 2.37. The molecule has 0 spiro atoms. The van der Waals surface area contributed by atoms with Crippen molar-refractivity contribution in [2.75, 3.05) is 0 Å². The van der Waals surface area contributed by atoms with Gasteiger partial charge in [-0.05, 0) is 36.5 Å². The fourth-order valence-corrected chi connectivity index (χ4v) is 2.93. The molecule has 0 saturated carbocycles. The van der Waals surface area contributed by atoms with Gasteiger partial charge in [-0.3, -0.25) is 0 Å². The maximum Gasteiger partial charge on any atom is 0.0609 e. The van der Waals surface area contributed by atoms with E-state index >= 15 is 0 Å². The van der Waals surface area contributed by atoms with Crippen LogP contribution in [-0.2, 0) is 6.42 Å². The first-order chi connectivity index (χ1) is 8.60. The Balaban J connectivity index is 2.75. The molecule has 1 unspecified atom stereocenters. The minimum absolute atomic E-state index is 0.340. The van der Waals surface area contributed by atoms with E-state index in [2.05, 4.69) is 13.8 Å². The zero-order valence-corrected chi connectivity index (χ0v) is 12.6. The Hall–Kier alpha value is -0.240. The van der Waals surface area contributed by atoms with E-state index in [9.17, 15) is 5.11 Å². The van der Waals surface area contributed by atoms with E-state index in [1.54, 1.807) is 0 Å². The summed E-state index contributed by atoms with van der Waals surface area (Å²) < 4.78 is 0. The van der Waals surface area contributed by atoms with Crippen molar-refractivity contribution < 1.29 is 5.11 Å². The summed E-state index contributed by atoms with van der Waals surface area (Å²) in [4.78, 5) is 0. The van der Waals surface area contributed by atoms with Crippen LogP contribution < -0.4 is 0 Å². The molecule has 1 nitrogen and oxygen atoms in total. The monoisotopic (exact) mass is 288 g/mol. The second-order valence-corrected chi connectivity index (χ2v) is 5.62. The molecule has 0 bridgehead atoms. The number of aliphatic hydroxyl groups is 1. The van der Waals surface area contributed by atoms with E-state index in [4.69, 9.17) is 23.2 Å². The normalized spacial score (nSPS) is 13.0. The van der Waals surface area contributed by atoms with E-state index in [1.165, 1.54) is 0 Å². The third-order valence-electron chi connectivity index (χ3n) is 3.34.